The molecule has 55 heavy (non-hydrogen) atoms. The summed E-state index contributed by atoms with van der Waals surface area (Å²) in [6.07, 6.45) is 1.91. The van der Waals surface area contributed by atoms with E-state index in [0.717, 1.165) is 12.8 Å². The summed E-state index contributed by atoms with van der Waals surface area (Å²) in [4.78, 5) is 0. The van der Waals surface area contributed by atoms with E-state index in [2.05, 4.69) is 222 Å². The molecule has 268 valence electrons. The highest BCUT2D eigenvalue weighted by molar-refractivity contribution is 5.81. The molecule has 0 N–H and O–H groups in total. The van der Waals surface area contributed by atoms with Gasteiger partial charge in [-0.3, -0.25) is 0 Å². The summed E-state index contributed by atoms with van der Waals surface area (Å²) in [6.45, 7) is 8.99. The molecule has 0 atom stereocenters. The molecule has 0 fully saturated rings. The van der Waals surface area contributed by atoms with Crippen molar-refractivity contribution in [2.24, 2.45) is 0 Å². The number of hydrogen-bond acceptors (Lipinski definition) is 0. The molecular weight excluding hydrogens is 661 g/mol. The number of rotatable bonds is 7. The lowest BCUT2D eigenvalue weighted by Gasteiger charge is -2.21. The summed E-state index contributed by atoms with van der Waals surface area (Å²) in [5.74, 6) is 0. The Balaban J connectivity index is 0.000000155. The minimum absolute atomic E-state index is 0.0851. The fourth-order valence-electron chi connectivity index (χ4n) is 8.23. The normalized spacial score (nSPS) is 12.3. The van der Waals surface area contributed by atoms with Crippen molar-refractivity contribution in [2.45, 2.75) is 46.0 Å². The second kappa shape index (κ2) is 15.6. The molecule has 8 aromatic carbocycles. The highest BCUT2D eigenvalue weighted by Crippen LogP contribution is 2.48. The lowest BCUT2D eigenvalue weighted by molar-refractivity contribution is 0.660. The van der Waals surface area contributed by atoms with Crippen LogP contribution in [0.15, 0.2) is 194 Å². The molecule has 9 rings (SSSR count). The second-order valence-corrected chi connectivity index (χ2v) is 15.5. The van der Waals surface area contributed by atoms with Gasteiger partial charge in [0.25, 0.3) is 0 Å². The number of hydrogen-bond donors (Lipinski definition) is 0. The van der Waals surface area contributed by atoms with Gasteiger partial charge in [-0.15, -0.1) is 0 Å². The average molecular weight is 709 g/mol. The van der Waals surface area contributed by atoms with E-state index in [1.807, 2.05) is 0 Å². The molecule has 8 aromatic rings. The monoisotopic (exact) mass is 708 g/mol. The fourth-order valence-corrected chi connectivity index (χ4v) is 8.23. The van der Waals surface area contributed by atoms with E-state index in [9.17, 15) is 0 Å². The highest BCUT2D eigenvalue weighted by Gasteiger charge is 2.34. The maximum absolute atomic E-state index is 2.40. The van der Waals surface area contributed by atoms with Crippen molar-refractivity contribution in [2.75, 3.05) is 0 Å². The summed E-state index contributed by atoms with van der Waals surface area (Å²) in [7, 11) is 0. The average Bonchev–Trinajstić information content (AvgIpc) is 3.45. The van der Waals surface area contributed by atoms with Gasteiger partial charge >= 0.3 is 0 Å². The molecule has 1 aliphatic rings. The van der Waals surface area contributed by atoms with Crippen LogP contribution in [0, 0.1) is 13.8 Å². The Hall–Kier alpha value is -6.24. The molecule has 0 spiro atoms. The van der Waals surface area contributed by atoms with E-state index in [1.54, 1.807) is 0 Å². The Morgan fingerprint density at radius 3 is 1.58 bits per heavy atom. The zero-order valence-electron chi connectivity index (χ0n) is 32.4. The van der Waals surface area contributed by atoms with Crippen molar-refractivity contribution < 1.29 is 0 Å². The maximum atomic E-state index is 2.40. The van der Waals surface area contributed by atoms with Crippen LogP contribution in [0.2, 0.25) is 0 Å². The Morgan fingerprint density at radius 2 is 0.873 bits per heavy atom. The van der Waals surface area contributed by atoms with Gasteiger partial charge in [-0.05, 0) is 110 Å². The molecule has 0 radical (unpaired) electrons. The minimum atomic E-state index is 0.0851. The second-order valence-electron chi connectivity index (χ2n) is 15.5. The Labute approximate surface area is 327 Å². The largest absolute Gasteiger partial charge is 0.0622 e. The van der Waals surface area contributed by atoms with E-state index in [0.29, 0.717) is 0 Å². The van der Waals surface area contributed by atoms with Gasteiger partial charge in [0.15, 0.2) is 0 Å². The van der Waals surface area contributed by atoms with Crippen molar-refractivity contribution in [3.05, 3.63) is 239 Å². The maximum Gasteiger partial charge on any atom is 0.0158 e. The molecule has 0 nitrogen and oxygen atoms in total. The van der Waals surface area contributed by atoms with Crippen LogP contribution in [0.3, 0.4) is 0 Å². The Kier molecular flexibility index (Phi) is 10.2. The first-order valence-electron chi connectivity index (χ1n) is 19.5. The first kappa shape index (κ1) is 35.8. The quantitative estimate of drug-likeness (QED) is 0.155. The van der Waals surface area contributed by atoms with Crippen molar-refractivity contribution in [1.29, 1.82) is 0 Å². The first-order valence-corrected chi connectivity index (χ1v) is 19.5. The van der Waals surface area contributed by atoms with E-state index in [4.69, 9.17) is 0 Å². The van der Waals surface area contributed by atoms with Gasteiger partial charge in [0.1, 0.15) is 0 Å². The zero-order chi connectivity index (χ0) is 37.8. The van der Waals surface area contributed by atoms with Crippen molar-refractivity contribution >= 4 is 0 Å². The third kappa shape index (κ3) is 7.73. The standard InChI is InChI=1S/C28H24.C27H24/c1-28(2)26-11-7-6-10-24(26)25-19-21(14-17-27(25)28)18-20-12-15-23(16-13-20)22-8-4-3-5-9-22;1-20-8-7-11-24(18-20)23-16-14-22(15-17-23)19-25-10-4-6-13-27(25)26-12-5-3-9-21(26)2/h3-17,19H,18H2,1-2H3;3-18H,19H2,1-2H3. The van der Waals surface area contributed by atoms with Crippen LogP contribution in [0.1, 0.15) is 58.4 Å². The molecule has 0 saturated carbocycles. The van der Waals surface area contributed by atoms with Gasteiger partial charge in [0, 0.05) is 5.41 Å². The lowest BCUT2D eigenvalue weighted by Crippen LogP contribution is -2.14. The summed E-state index contributed by atoms with van der Waals surface area (Å²) in [6, 6.07) is 70.5. The van der Waals surface area contributed by atoms with Crippen LogP contribution in [0.5, 0.6) is 0 Å². The van der Waals surface area contributed by atoms with Crippen LogP contribution in [-0.4, -0.2) is 0 Å². The molecule has 0 aliphatic heterocycles. The summed E-state index contributed by atoms with van der Waals surface area (Å²) in [5.41, 5.74) is 21.6. The molecule has 0 unspecified atom stereocenters. The summed E-state index contributed by atoms with van der Waals surface area (Å²) < 4.78 is 0. The van der Waals surface area contributed by atoms with E-state index >= 15 is 0 Å². The number of benzene rings is 8. The molecule has 0 amide bonds. The van der Waals surface area contributed by atoms with Gasteiger partial charge in [0.05, 0.1) is 0 Å². The number of fused-ring (bicyclic) bond motifs is 3. The third-order valence-corrected chi connectivity index (χ3v) is 11.3. The molecule has 0 heterocycles. The summed E-state index contributed by atoms with van der Waals surface area (Å²) in [5, 5.41) is 0. The predicted octanol–water partition coefficient (Wildman–Crippen LogP) is 14.5. The van der Waals surface area contributed by atoms with Gasteiger partial charge in [-0.2, -0.15) is 0 Å². The van der Waals surface area contributed by atoms with Gasteiger partial charge in [-0.1, -0.05) is 214 Å². The highest BCUT2D eigenvalue weighted by atomic mass is 14.4. The van der Waals surface area contributed by atoms with Crippen molar-refractivity contribution in [3.63, 3.8) is 0 Å². The van der Waals surface area contributed by atoms with Crippen LogP contribution >= 0.6 is 0 Å². The van der Waals surface area contributed by atoms with E-state index in [1.165, 1.54) is 89.0 Å². The van der Waals surface area contributed by atoms with Crippen molar-refractivity contribution in [1.82, 2.24) is 0 Å². The molecule has 0 saturated heterocycles. The Morgan fingerprint density at radius 1 is 0.345 bits per heavy atom. The predicted molar refractivity (Wildman–Crippen MR) is 235 cm³/mol. The smallest absolute Gasteiger partial charge is 0.0158 e. The van der Waals surface area contributed by atoms with Crippen LogP contribution in [0.4, 0.5) is 0 Å². The van der Waals surface area contributed by atoms with Gasteiger partial charge in [-0.25, -0.2) is 0 Å². The SMILES string of the molecule is CC1(C)c2ccccc2-c2cc(Cc3ccc(-c4ccccc4)cc3)ccc21.Cc1cccc(-c2ccc(Cc3ccccc3-c3ccccc3C)cc2)c1. The topological polar surface area (TPSA) is 0 Å². The van der Waals surface area contributed by atoms with Crippen molar-refractivity contribution in [3.8, 4) is 44.5 Å². The third-order valence-electron chi connectivity index (χ3n) is 11.3. The molecule has 0 bridgehead atoms. The first-order chi connectivity index (χ1) is 26.8. The molecule has 0 aromatic heterocycles. The minimum Gasteiger partial charge on any atom is -0.0622 e. The van der Waals surface area contributed by atoms with Crippen LogP contribution in [-0.2, 0) is 18.3 Å². The fraction of sp³-hybridized carbons (Fsp3) is 0.127. The Bertz CT molecular complexity index is 2550. The molecule has 0 heteroatoms. The zero-order valence-corrected chi connectivity index (χ0v) is 32.4. The lowest BCUT2D eigenvalue weighted by atomic mass is 9.82. The molecular formula is C55H48. The van der Waals surface area contributed by atoms with Crippen LogP contribution < -0.4 is 0 Å². The van der Waals surface area contributed by atoms with Gasteiger partial charge in [0.2, 0.25) is 0 Å². The van der Waals surface area contributed by atoms with E-state index in [-0.39, 0.29) is 5.41 Å². The van der Waals surface area contributed by atoms with Gasteiger partial charge < -0.3 is 0 Å². The van der Waals surface area contributed by atoms with Crippen LogP contribution in [0.25, 0.3) is 44.5 Å². The number of aryl methyl sites for hydroxylation is 2. The summed E-state index contributed by atoms with van der Waals surface area (Å²) >= 11 is 0. The molecule has 1 aliphatic carbocycles. The van der Waals surface area contributed by atoms with E-state index < -0.39 is 0 Å².